The maximum atomic E-state index is 13.3. The molecule has 3 aromatic rings. The predicted octanol–water partition coefficient (Wildman–Crippen LogP) is 6.43. The Hall–Kier alpha value is -2.35. The average Bonchev–Trinajstić information content (AvgIpc) is 2.84. The van der Waals surface area contributed by atoms with Gasteiger partial charge in [0.05, 0.1) is 11.4 Å². The van der Waals surface area contributed by atoms with Crippen molar-refractivity contribution in [3.05, 3.63) is 91.9 Å². The van der Waals surface area contributed by atoms with Crippen molar-refractivity contribution in [2.75, 3.05) is 17.3 Å². The summed E-state index contributed by atoms with van der Waals surface area (Å²) >= 11 is 30.3. The summed E-state index contributed by atoms with van der Waals surface area (Å²) in [6.07, 6.45) is -1.03. The molecule has 0 saturated carbocycles. The van der Waals surface area contributed by atoms with E-state index >= 15 is 0 Å². The summed E-state index contributed by atoms with van der Waals surface area (Å²) in [7, 11) is 1.67. The van der Waals surface area contributed by atoms with Gasteiger partial charge >= 0.3 is 0 Å². The van der Waals surface area contributed by atoms with Crippen molar-refractivity contribution in [2.45, 2.75) is 6.17 Å². The molecule has 4 rings (SSSR count). The number of amides is 1. The Kier molecular flexibility index (Phi) is 7.12. The fourth-order valence-electron chi connectivity index (χ4n) is 3.43. The minimum atomic E-state index is -1.03. The number of aliphatic imine (C=N–C) groups is 1. The number of fused-ring (bicyclic) bond motifs is 1. The lowest BCUT2D eigenvalue weighted by Gasteiger charge is -2.22. The number of carbonyl (C=O) groups is 1. The highest BCUT2D eigenvalue weighted by Crippen LogP contribution is 2.32. The quantitative estimate of drug-likeness (QED) is 0.378. The Balaban J connectivity index is 1.74. The van der Waals surface area contributed by atoms with E-state index in [1.54, 1.807) is 49.5 Å². The molecule has 0 fully saturated rings. The first-order valence-electron chi connectivity index (χ1n) is 9.67. The molecule has 168 valence electrons. The molecule has 0 spiro atoms. The van der Waals surface area contributed by atoms with Gasteiger partial charge in [0, 0.05) is 44.0 Å². The SMILES string of the molecule is CN1C(=O)C(NC(=S)Nc2cc(Cl)cc(Cl)c2)N=C(c2ccccc2Cl)c2cc(Cl)ccc21. The molecule has 0 saturated heterocycles. The van der Waals surface area contributed by atoms with Crippen LogP contribution in [0.4, 0.5) is 11.4 Å². The van der Waals surface area contributed by atoms with Gasteiger partial charge in [-0.15, -0.1) is 0 Å². The van der Waals surface area contributed by atoms with Gasteiger partial charge in [0.25, 0.3) is 5.91 Å². The highest BCUT2D eigenvalue weighted by molar-refractivity contribution is 7.80. The van der Waals surface area contributed by atoms with E-state index in [0.717, 1.165) is 0 Å². The van der Waals surface area contributed by atoms with Gasteiger partial charge in [-0.05, 0) is 54.7 Å². The van der Waals surface area contributed by atoms with Crippen molar-refractivity contribution < 1.29 is 4.79 Å². The number of anilines is 2. The van der Waals surface area contributed by atoms with E-state index in [2.05, 4.69) is 10.6 Å². The second-order valence-electron chi connectivity index (χ2n) is 7.18. The van der Waals surface area contributed by atoms with Crippen LogP contribution in [0.25, 0.3) is 0 Å². The standard InChI is InChI=1S/C23H16Cl4N4OS/c1-31-19-7-6-12(24)11-17(19)20(16-4-2-3-5-18(16)27)29-21(22(31)32)30-23(33)28-15-9-13(25)8-14(26)10-15/h2-11,21H,1H3,(H2,28,30,33). The number of benzene rings is 3. The van der Waals surface area contributed by atoms with E-state index in [9.17, 15) is 4.79 Å². The van der Waals surface area contributed by atoms with Crippen LogP contribution in [-0.2, 0) is 4.79 Å². The van der Waals surface area contributed by atoms with E-state index in [1.165, 1.54) is 4.90 Å². The van der Waals surface area contributed by atoms with Crippen molar-refractivity contribution in [1.82, 2.24) is 5.32 Å². The summed E-state index contributed by atoms with van der Waals surface area (Å²) in [6, 6.07) is 17.5. The highest BCUT2D eigenvalue weighted by Gasteiger charge is 2.31. The first-order valence-corrected chi connectivity index (χ1v) is 11.6. The van der Waals surface area contributed by atoms with Gasteiger partial charge in [-0.3, -0.25) is 4.79 Å². The van der Waals surface area contributed by atoms with Crippen LogP contribution in [0.3, 0.4) is 0 Å². The summed E-state index contributed by atoms with van der Waals surface area (Å²) in [5.41, 5.74) is 3.08. The molecule has 33 heavy (non-hydrogen) atoms. The van der Waals surface area contributed by atoms with Gasteiger partial charge in [-0.2, -0.15) is 0 Å². The van der Waals surface area contributed by atoms with Crippen molar-refractivity contribution >= 4 is 86.7 Å². The maximum absolute atomic E-state index is 13.3. The number of thiocarbonyl (C=S) groups is 1. The van der Waals surface area contributed by atoms with Crippen molar-refractivity contribution in [3.63, 3.8) is 0 Å². The van der Waals surface area contributed by atoms with Gasteiger partial charge < -0.3 is 15.5 Å². The van der Waals surface area contributed by atoms with Gasteiger partial charge in [0.15, 0.2) is 5.11 Å². The molecule has 3 aromatic carbocycles. The lowest BCUT2D eigenvalue weighted by atomic mass is 10.00. The molecule has 10 heteroatoms. The molecule has 1 aliphatic rings. The van der Waals surface area contributed by atoms with Crippen molar-refractivity contribution in [2.24, 2.45) is 4.99 Å². The average molecular weight is 538 g/mol. The first-order chi connectivity index (χ1) is 15.7. The third-order valence-electron chi connectivity index (χ3n) is 4.91. The topological polar surface area (TPSA) is 56.7 Å². The van der Waals surface area contributed by atoms with E-state index in [1.807, 2.05) is 18.2 Å². The van der Waals surface area contributed by atoms with E-state index in [0.29, 0.717) is 48.3 Å². The fraction of sp³-hybridized carbons (Fsp3) is 0.0870. The molecule has 1 amide bonds. The summed E-state index contributed by atoms with van der Waals surface area (Å²) in [5, 5.41) is 8.03. The Labute approximate surface area is 216 Å². The third kappa shape index (κ3) is 5.26. The molecular formula is C23H16Cl4N4OS. The molecule has 1 aliphatic heterocycles. The Morgan fingerprint density at radius 1 is 0.939 bits per heavy atom. The van der Waals surface area contributed by atoms with E-state index in [-0.39, 0.29) is 11.0 Å². The van der Waals surface area contributed by atoms with Crippen LogP contribution in [-0.4, -0.2) is 29.9 Å². The molecule has 1 heterocycles. The molecule has 5 nitrogen and oxygen atoms in total. The molecular weight excluding hydrogens is 522 g/mol. The van der Waals surface area contributed by atoms with E-state index < -0.39 is 6.17 Å². The predicted molar refractivity (Wildman–Crippen MR) is 142 cm³/mol. The number of nitrogens with one attached hydrogen (secondary N) is 2. The van der Waals surface area contributed by atoms with Gasteiger partial charge in [-0.25, -0.2) is 4.99 Å². The van der Waals surface area contributed by atoms with Crippen LogP contribution >= 0.6 is 58.6 Å². The summed E-state index contributed by atoms with van der Waals surface area (Å²) in [4.78, 5) is 19.5. The molecule has 0 aliphatic carbocycles. The number of halogens is 4. The van der Waals surface area contributed by atoms with Gasteiger partial charge in [0.2, 0.25) is 6.17 Å². The molecule has 2 N–H and O–H groups in total. The smallest absolute Gasteiger partial charge is 0.272 e. The van der Waals surface area contributed by atoms with E-state index in [4.69, 9.17) is 63.6 Å². The number of benzodiazepines with no additional fused rings is 1. The van der Waals surface area contributed by atoms with Crippen LogP contribution in [0.2, 0.25) is 20.1 Å². The Bertz CT molecular complexity index is 1280. The van der Waals surface area contributed by atoms with Crippen LogP contribution in [0, 0.1) is 0 Å². The number of likely N-dealkylation sites (N-methyl/N-ethyl adjacent to an activating group) is 1. The maximum Gasteiger partial charge on any atom is 0.272 e. The lowest BCUT2D eigenvalue weighted by molar-refractivity contribution is -0.119. The van der Waals surface area contributed by atoms with Crippen LogP contribution in [0.1, 0.15) is 11.1 Å². The zero-order chi connectivity index (χ0) is 23.7. The fourth-order valence-corrected chi connectivity index (χ4v) is 4.58. The Morgan fingerprint density at radius 3 is 2.33 bits per heavy atom. The number of hydrogen-bond acceptors (Lipinski definition) is 3. The van der Waals surface area contributed by atoms with Crippen molar-refractivity contribution in [3.8, 4) is 0 Å². The Morgan fingerprint density at radius 2 is 1.64 bits per heavy atom. The molecule has 0 aromatic heterocycles. The van der Waals surface area contributed by atoms with Crippen molar-refractivity contribution in [1.29, 1.82) is 0 Å². The van der Waals surface area contributed by atoms with Crippen LogP contribution in [0.15, 0.2) is 65.7 Å². The van der Waals surface area contributed by atoms with Gasteiger partial charge in [0.1, 0.15) is 0 Å². The summed E-state index contributed by atoms with van der Waals surface area (Å²) in [5.74, 6) is -0.311. The number of rotatable bonds is 3. The monoisotopic (exact) mass is 536 g/mol. The normalized spacial score (nSPS) is 15.4. The molecule has 1 unspecified atom stereocenters. The zero-order valence-corrected chi connectivity index (χ0v) is 20.9. The van der Waals surface area contributed by atoms with Crippen LogP contribution in [0.5, 0.6) is 0 Å². The zero-order valence-electron chi connectivity index (χ0n) is 17.1. The largest absolute Gasteiger partial charge is 0.333 e. The first kappa shape index (κ1) is 23.8. The number of carbonyl (C=O) groups excluding carboxylic acids is 1. The molecule has 0 bridgehead atoms. The number of nitrogens with zero attached hydrogens (tertiary/aromatic N) is 2. The molecule has 0 radical (unpaired) electrons. The second kappa shape index (κ2) is 9.87. The lowest BCUT2D eigenvalue weighted by Crippen LogP contribution is -2.47. The molecule has 1 atom stereocenters. The minimum Gasteiger partial charge on any atom is -0.333 e. The summed E-state index contributed by atoms with van der Waals surface area (Å²) < 4.78 is 0. The second-order valence-corrected chi connectivity index (χ2v) is 9.30. The third-order valence-corrected chi connectivity index (χ3v) is 6.14. The van der Waals surface area contributed by atoms with Crippen LogP contribution < -0.4 is 15.5 Å². The van der Waals surface area contributed by atoms with Gasteiger partial charge in [-0.1, -0.05) is 64.6 Å². The minimum absolute atomic E-state index is 0.173. The summed E-state index contributed by atoms with van der Waals surface area (Å²) in [6.45, 7) is 0. The number of hydrogen-bond donors (Lipinski definition) is 2. The highest BCUT2D eigenvalue weighted by atomic mass is 35.5.